The third-order valence-electron chi connectivity index (χ3n) is 8.69. The van der Waals surface area contributed by atoms with Crippen molar-refractivity contribution in [2.45, 2.75) is 75.7 Å². The van der Waals surface area contributed by atoms with Crippen molar-refractivity contribution in [1.29, 1.82) is 0 Å². The third kappa shape index (κ3) is 4.79. The monoisotopic (exact) mass is 761 g/mol. The standard InChI is InChI=1S/C26H30ClI2N7O2/c27-23-19-17(28)9-35(25(19)33-11-31-23)15-5-1-13(2-6-15)21(37)22(38)14-3-7-16(8-4-14)36-10-18(29)20-24(30)32-12-34-26(20)36/h9-16,21-22,37-38H,1-8H2,(H2,30,32,34). The molecular weight excluding hydrogens is 732 g/mol. The first-order valence-electron chi connectivity index (χ1n) is 13.1. The number of hydrogen-bond donors (Lipinski definition) is 3. The van der Waals surface area contributed by atoms with Crippen LogP contribution in [-0.4, -0.2) is 51.5 Å². The summed E-state index contributed by atoms with van der Waals surface area (Å²) in [4.78, 5) is 17.3. The molecular formula is C26H30ClI2N7O2. The Kier molecular flexibility index (Phi) is 7.75. The molecule has 12 heteroatoms. The van der Waals surface area contributed by atoms with Gasteiger partial charge in [-0.15, -0.1) is 0 Å². The molecule has 6 rings (SSSR count). The second kappa shape index (κ2) is 10.9. The van der Waals surface area contributed by atoms with Crippen LogP contribution in [0.4, 0.5) is 5.82 Å². The first-order valence-corrected chi connectivity index (χ1v) is 15.7. The van der Waals surface area contributed by atoms with Gasteiger partial charge in [0, 0.05) is 31.6 Å². The summed E-state index contributed by atoms with van der Waals surface area (Å²) in [5, 5.41) is 24.7. The first kappa shape index (κ1) is 26.9. The highest BCUT2D eigenvalue weighted by molar-refractivity contribution is 14.1. The molecule has 4 N–H and O–H groups in total. The van der Waals surface area contributed by atoms with Crippen molar-refractivity contribution in [1.82, 2.24) is 29.1 Å². The van der Waals surface area contributed by atoms with Crippen molar-refractivity contribution >= 4 is 84.7 Å². The number of nitrogens with two attached hydrogens (primary N) is 1. The summed E-state index contributed by atoms with van der Waals surface area (Å²) in [5.41, 5.74) is 7.84. The second-order valence-electron chi connectivity index (χ2n) is 10.7. The normalized spacial score (nSPS) is 26.1. The van der Waals surface area contributed by atoms with Crippen molar-refractivity contribution in [3.05, 3.63) is 37.3 Å². The molecule has 2 atom stereocenters. The van der Waals surface area contributed by atoms with Crippen molar-refractivity contribution < 1.29 is 10.2 Å². The van der Waals surface area contributed by atoms with Crippen LogP contribution in [0.1, 0.15) is 63.5 Å². The van der Waals surface area contributed by atoms with Gasteiger partial charge in [-0.2, -0.15) is 0 Å². The summed E-state index contributed by atoms with van der Waals surface area (Å²) in [5.74, 6) is 0.720. The van der Waals surface area contributed by atoms with E-state index in [0.717, 1.165) is 80.6 Å². The lowest BCUT2D eigenvalue weighted by Crippen LogP contribution is -2.41. The predicted octanol–water partition coefficient (Wildman–Crippen LogP) is 5.51. The fraction of sp³-hybridized carbons (Fsp3) is 0.538. The fourth-order valence-corrected chi connectivity index (χ4v) is 8.63. The summed E-state index contributed by atoms with van der Waals surface area (Å²) in [6.45, 7) is 0. The number of aliphatic hydroxyl groups excluding tert-OH is 2. The molecule has 0 spiro atoms. The third-order valence-corrected chi connectivity index (χ3v) is 10.6. The van der Waals surface area contributed by atoms with E-state index < -0.39 is 12.2 Å². The quantitative estimate of drug-likeness (QED) is 0.181. The summed E-state index contributed by atoms with van der Waals surface area (Å²) in [6.07, 6.45) is 13.1. The number of nitrogens with zero attached hydrogens (tertiary/aromatic N) is 6. The Hall–Kier alpha value is -1.29. The van der Waals surface area contributed by atoms with E-state index in [4.69, 9.17) is 17.3 Å². The van der Waals surface area contributed by atoms with Crippen LogP contribution in [0.2, 0.25) is 5.15 Å². The lowest BCUT2D eigenvalue weighted by Gasteiger charge is -2.38. The number of aromatic nitrogens is 6. The van der Waals surface area contributed by atoms with Crippen molar-refractivity contribution in [2.75, 3.05) is 5.73 Å². The summed E-state index contributed by atoms with van der Waals surface area (Å²) in [6, 6.07) is 0.614. The maximum Gasteiger partial charge on any atom is 0.146 e. The molecule has 4 heterocycles. The van der Waals surface area contributed by atoms with Crippen LogP contribution in [0.3, 0.4) is 0 Å². The number of halogens is 3. The Morgan fingerprint density at radius 2 is 1.18 bits per heavy atom. The van der Waals surface area contributed by atoms with Gasteiger partial charge in [0.1, 0.15) is 34.9 Å². The number of hydrogen-bond acceptors (Lipinski definition) is 7. The van der Waals surface area contributed by atoms with E-state index in [1.54, 1.807) is 0 Å². The van der Waals surface area contributed by atoms with E-state index in [0.29, 0.717) is 23.1 Å². The van der Waals surface area contributed by atoms with Crippen LogP contribution in [0.25, 0.3) is 22.1 Å². The lowest BCUT2D eigenvalue weighted by atomic mass is 9.75. The van der Waals surface area contributed by atoms with Crippen LogP contribution in [0.5, 0.6) is 0 Å². The van der Waals surface area contributed by atoms with E-state index in [1.807, 2.05) is 0 Å². The number of rotatable bonds is 5. The average Bonchev–Trinajstić information content (AvgIpc) is 3.46. The molecule has 0 bridgehead atoms. The second-order valence-corrected chi connectivity index (χ2v) is 13.4. The minimum atomic E-state index is -0.697. The zero-order valence-electron chi connectivity index (χ0n) is 20.7. The topological polar surface area (TPSA) is 128 Å². The molecule has 0 amide bonds. The summed E-state index contributed by atoms with van der Waals surface area (Å²) in [7, 11) is 0. The van der Waals surface area contributed by atoms with Crippen LogP contribution < -0.4 is 5.73 Å². The molecule has 4 aromatic heterocycles. The van der Waals surface area contributed by atoms with Crippen molar-refractivity contribution in [3.63, 3.8) is 0 Å². The Labute approximate surface area is 252 Å². The van der Waals surface area contributed by atoms with E-state index in [1.165, 1.54) is 12.7 Å². The van der Waals surface area contributed by atoms with Gasteiger partial charge in [0.2, 0.25) is 0 Å². The Morgan fingerprint density at radius 1 is 0.737 bits per heavy atom. The van der Waals surface area contributed by atoms with E-state index in [-0.39, 0.29) is 11.8 Å². The van der Waals surface area contributed by atoms with E-state index in [9.17, 15) is 10.2 Å². The fourth-order valence-electron chi connectivity index (χ4n) is 6.62. The largest absolute Gasteiger partial charge is 0.390 e. The zero-order valence-corrected chi connectivity index (χ0v) is 25.8. The molecule has 4 aromatic rings. The van der Waals surface area contributed by atoms with Gasteiger partial charge in [0.25, 0.3) is 0 Å². The molecule has 0 saturated heterocycles. The molecule has 0 radical (unpaired) electrons. The first-order chi connectivity index (χ1) is 18.3. The summed E-state index contributed by atoms with van der Waals surface area (Å²) >= 11 is 10.9. The van der Waals surface area contributed by atoms with E-state index >= 15 is 0 Å². The average molecular weight is 762 g/mol. The van der Waals surface area contributed by atoms with Crippen LogP contribution in [0.15, 0.2) is 25.0 Å². The number of nitrogen functional groups attached to an aromatic ring is 1. The lowest BCUT2D eigenvalue weighted by molar-refractivity contribution is -0.0665. The van der Waals surface area contributed by atoms with Gasteiger partial charge in [-0.1, -0.05) is 11.6 Å². The smallest absolute Gasteiger partial charge is 0.146 e. The van der Waals surface area contributed by atoms with Gasteiger partial charge in [-0.3, -0.25) is 0 Å². The van der Waals surface area contributed by atoms with Gasteiger partial charge >= 0.3 is 0 Å². The molecule has 9 nitrogen and oxygen atoms in total. The van der Waals surface area contributed by atoms with Crippen LogP contribution in [0, 0.1) is 19.0 Å². The molecule has 2 aliphatic rings. The van der Waals surface area contributed by atoms with Gasteiger partial charge in [0.15, 0.2) is 0 Å². The Morgan fingerprint density at radius 3 is 1.71 bits per heavy atom. The summed E-state index contributed by atoms with van der Waals surface area (Å²) < 4.78 is 6.55. The van der Waals surface area contributed by atoms with E-state index in [2.05, 4.69) is 86.6 Å². The minimum absolute atomic E-state index is 0.104. The molecule has 0 aliphatic heterocycles. The Bertz CT molecular complexity index is 1350. The van der Waals surface area contributed by atoms with Crippen molar-refractivity contribution in [3.8, 4) is 0 Å². The molecule has 202 valence electrons. The van der Waals surface area contributed by atoms with Gasteiger partial charge in [-0.25, -0.2) is 19.9 Å². The van der Waals surface area contributed by atoms with Crippen LogP contribution in [-0.2, 0) is 0 Å². The van der Waals surface area contributed by atoms with Gasteiger partial charge < -0.3 is 25.1 Å². The number of anilines is 1. The van der Waals surface area contributed by atoms with Crippen molar-refractivity contribution in [2.24, 2.45) is 11.8 Å². The SMILES string of the molecule is Nc1ncnc2c1c(I)cn2C1CCC(C(O)C(O)C2CCC(n3cc(I)c4c(Cl)ncnc43)CC2)CC1. The maximum atomic E-state index is 11.2. The molecule has 0 aromatic carbocycles. The highest BCUT2D eigenvalue weighted by Crippen LogP contribution is 2.42. The molecule has 38 heavy (non-hydrogen) atoms. The number of aliphatic hydroxyl groups is 2. The minimum Gasteiger partial charge on any atom is -0.390 e. The predicted molar refractivity (Wildman–Crippen MR) is 164 cm³/mol. The van der Waals surface area contributed by atoms with Crippen LogP contribution >= 0.6 is 56.8 Å². The highest BCUT2D eigenvalue weighted by Gasteiger charge is 2.37. The molecule has 2 unspecified atom stereocenters. The Balaban J connectivity index is 1.07. The zero-order chi connectivity index (χ0) is 26.6. The maximum absolute atomic E-state index is 11.2. The molecule has 2 aliphatic carbocycles. The number of fused-ring (bicyclic) bond motifs is 2. The molecule has 2 saturated carbocycles. The molecule has 2 fully saturated rings. The highest BCUT2D eigenvalue weighted by atomic mass is 127. The van der Waals surface area contributed by atoms with Gasteiger partial charge in [0.05, 0.1) is 23.0 Å². The van der Waals surface area contributed by atoms with Gasteiger partial charge in [-0.05, 0) is 108 Å².